The van der Waals surface area contributed by atoms with E-state index < -0.39 is 5.97 Å². The van der Waals surface area contributed by atoms with Crippen LogP contribution in [0.1, 0.15) is 35.2 Å². The van der Waals surface area contributed by atoms with Crippen molar-refractivity contribution in [2.24, 2.45) is 0 Å². The number of carbonyl (C=O) groups excluding carboxylic acids is 1. The number of pyridine rings is 1. The number of aromatic nitrogens is 3. The molecule has 1 aromatic carbocycles. The number of fused-ring (bicyclic) bond motifs is 1. The average Bonchev–Trinajstić information content (AvgIpc) is 2.95. The zero-order valence-corrected chi connectivity index (χ0v) is 15.7. The van der Waals surface area contributed by atoms with Crippen molar-refractivity contribution >= 4 is 28.7 Å². The van der Waals surface area contributed by atoms with Gasteiger partial charge in [-0.3, -0.25) is 0 Å². The normalized spacial score (nSPS) is 10.9. The fourth-order valence-corrected chi connectivity index (χ4v) is 2.89. The maximum Gasteiger partial charge on any atom is 0.356 e. The first kappa shape index (κ1) is 18.2. The molecule has 6 nitrogen and oxygen atoms in total. The first-order valence-electron chi connectivity index (χ1n) is 8.37. The summed E-state index contributed by atoms with van der Waals surface area (Å²) in [5, 5.41) is 0.615. The van der Waals surface area contributed by atoms with Crippen LogP contribution in [0.2, 0.25) is 5.02 Å². The minimum Gasteiger partial charge on any atom is -0.494 e. The molecule has 2 aromatic heterocycles. The quantitative estimate of drug-likeness (QED) is 0.610. The summed E-state index contributed by atoms with van der Waals surface area (Å²) in [5.74, 6) is 1.06. The van der Waals surface area contributed by atoms with Gasteiger partial charge in [0.05, 0.1) is 20.3 Å². The minimum absolute atomic E-state index is 0.246. The van der Waals surface area contributed by atoms with Gasteiger partial charge in [0.1, 0.15) is 17.1 Å². The van der Waals surface area contributed by atoms with Crippen molar-refractivity contribution in [3.63, 3.8) is 0 Å². The smallest absolute Gasteiger partial charge is 0.356 e. The van der Waals surface area contributed by atoms with Gasteiger partial charge in [0, 0.05) is 5.02 Å². The third kappa shape index (κ3) is 3.65. The van der Waals surface area contributed by atoms with Crippen molar-refractivity contribution < 1.29 is 14.3 Å². The fraction of sp³-hybridized carbons (Fsp3) is 0.316. The van der Waals surface area contributed by atoms with E-state index >= 15 is 0 Å². The lowest BCUT2D eigenvalue weighted by Crippen LogP contribution is -2.07. The lowest BCUT2D eigenvalue weighted by Gasteiger charge is -2.11. The Kier molecular flexibility index (Phi) is 5.42. The van der Waals surface area contributed by atoms with Crippen molar-refractivity contribution in [2.75, 3.05) is 13.7 Å². The molecule has 3 aromatic rings. The molecule has 0 aliphatic heterocycles. The Morgan fingerprint density at radius 2 is 2.04 bits per heavy atom. The summed E-state index contributed by atoms with van der Waals surface area (Å²) in [7, 11) is 1.33. The van der Waals surface area contributed by atoms with Gasteiger partial charge in [0.15, 0.2) is 11.3 Å². The molecule has 3 rings (SSSR count). The standard InChI is InChI=1S/C19H20ClN3O3/c1-4-9-26-14-6-5-13(15(20)10-14)11-23-12(2)21-16-7-8-17(19(24)25-3)22-18(16)23/h5-8,10H,4,9,11H2,1-3H3. The van der Waals surface area contributed by atoms with E-state index in [1.165, 1.54) is 7.11 Å². The second kappa shape index (κ2) is 7.74. The van der Waals surface area contributed by atoms with Crippen molar-refractivity contribution in [2.45, 2.75) is 26.8 Å². The van der Waals surface area contributed by atoms with Crippen LogP contribution in [-0.2, 0) is 11.3 Å². The number of halogens is 1. The maximum atomic E-state index is 11.8. The summed E-state index contributed by atoms with van der Waals surface area (Å²) >= 11 is 6.42. The number of nitrogens with zero attached hydrogens (tertiary/aromatic N) is 3. The molecule has 0 fully saturated rings. The van der Waals surface area contributed by atoms with Crippen LogP contribution in [0.25, 0.3) is 11.2 Å². The highest BCUT2D eigenvalue weighted by atomic mass is 35.5. The topological polar surface area (TPSA) is 66.2 Å². The van der Waals surface area contributed by atoms with E-state index in [9.17, 15) is 4.79 Å². The van der Waals surface area contributed by atoms with Crippen LogP contribution in [0.4, 0.5) is 0 Å². The lowest BCUT2D eigenvalue weighted by molar-refractivity contribution is 0.0594. The van der Waals surface area contributed by atoms with Crippen LogP contribution >= 0.6 is 11.6 Å². The summed E-state index contributed by atoms with van der Waals surface area (Å²) in [5.41, 5.74) is 2.50. The fourth-order valence-electron chi connectivity index (χ4n) is 2.66. The van der Waals surface area contributed by atoms with E-state index in [0.29, 0.717) is 29.3 Å². The molecule has 0 atom stereocenters. The van der Waals surface area contributed by atoms with Gasteiger partial charge in [-0.1, -0.05) is 24.6 Å². The highest BCUT2D eigenvalue weighted by Gasteiger charge is 2.15. The number of methoxy groups -OCH3 is 1. The maximum absolute atomic E-state index is 11.8. The van der Waals surface area contributed by atoms with Gasteiger partial charge in [-0.2, -0.15) is 0 Å². The summed E-state index contributed by atoms with van der Waals surface area (Å²) in [4.78, 5) is 20.7. The molecule has 7 heteroatoms. The van der Waals surface area contributed by atoms with Crippen LogP contribution in [0.5, 0.6) is 5.75 Å². The predicted octanol–water partition coefficient (Wildman–Crippen LogP) is 4.02. The number of esters is 1. The number of ether oxygens (including phenoxy) is 2. The van der Waals surface area contributed by atoms with E-state index in [1.54, 1.807) is 12.1 Å². The molecule has 0 unspecified atom stereocenters. The van der Waals surface area contributed by atoms with Crippen LogP contribution in [0.15, 0.2) is 30.3 Å². The summed E-state index contributed by atoms with van der Waals surface area (Å²) in [6, 6.07) is 9.02. The first-order chi connectivity index (χ1) is 12.5. The monoisotopic (exact) mass is 373 g/mol. The zero-order chi connectivity index (χ0) is 18.7. The molecule has 0 aliphatic rings. The molecule has 0 N–H and O–H groups in total. The van der Waals surface area contributed by atoms with Crippen molar-refractivity contribution in [1.82, 2.24) is 14.5 Å². The Morgan fingerprint density at radius 3 is 2.73 bits per heavy atom. The van der Waals surface area contributed by atoms with E-state index in [2.05, 4.69) is 16.9 Å². The summed E-state index contributed by atoms with van der Waals surface area (Å²) in [6.45, 7) is 5.10. The van der Waals surface area contributed by atoms with Gasteiger partial charge in [0.25, 0.3) is 0 Å². The van der Waals surface area contributed by atoms with Gasteiger partial charge in [-0.15, -0.1) is 0 Å². The third-order valence-corrected chi connectivity index (χ3v) is 4.36. The molecule has 0 saturated carbocycles. The predicted molar refractivity (Wildman–Crippen MR) is 99.9 cm³/mol. The van der Waals surface area contributed by atoms with Gasteiger partial charge < -0.3 is 14.0 Å². The Morgan fingerprint density at radius 1 is 1.23 bits per heavy atom. The summed E-state index contributed by atoms with van der Waals surface area (Å²) in [6.07, 6.45) is 0.938. The molecule has 0 bridgehead atoms. The number of benzene rings is 1. The van der Waals surface area contributed by atoms with Gasteiger partial charge in [0.2, 0.25) is 0 Å². The van der Waals surface area contributed by atoms with Crippen molar-refractivity contribution in [3.8, 4) is 5.75 Å². The molecule has 0 radical (unpaired) electrons. The molecule has 0 aliphatic carbocycles. The Hall–Kier alpha value is -2.60. The molecule has 0 spiro atoms. The number of carbonyl (C=O) groups is 1. The van der Waals surface area contributed by atoms with E-state index in [0.717, 1.165) is 23.6 Å². The lowest BCUT2D eigenvalue weighted by atomic mass is 10.2. The molecule has 26 heavy (non-hydrogen) atoms. The number of hydrogen-bond acceptors (Lipinski definition) is 5. The molecular weight excluding hydrogens is 354 g/mol. The Balaban J connectivity index is 1.95. The Labute approximate surface area is 156 Å². The number of imidazole rings is 1. The molecular formula is C19H20ClN3O3. The van der Waals surface area contributed by atoms with E-state index in [1.807, 2.05) is 29.7 Å². The van der Waals surface area contributed by atoms with Crippen LogP contribution in [0, 0.1) is 6.92 Å². The van der Waals surface area contributed by atoms with Crippen LogP contribution in [0.3, 0.4) is 0 Å². The van der Waals surface area contributed by atoms with Gasteiger partial charge in [-0.25, -0.2) is 14.8 Å². The first-order valence-corrected chi connectivity index (χ1v) is 8.74. The highest BCUT2D eigenvalue weighted by Crippen LogP contribution is 2.25. The van der Waals surface area contributed by atoms with E-state index in [4.69, 9.17) is 21.1 Å². The van der Waals surface area contributed by atoms with E-state index in [-0.39, 0.29) is 5.69 Å². The SMILES string of the molecule is CCCOc1ccc(Cn2c(C)nc3ccc(C(=O)OC)nc32)c(Cl)c1. The Bertz CT molecular complexity index is 953. The second-order valence-electron chi connectivity index (χ2n) is 5.88. The van der Waals surface area contributed by atoms with Crippen LogP contribution < -0.4 is 4.74 Å². The molecule has 0 saturated heterocycles. The second-order valence-corrected chi connectivity index (χ2v) is 6.28. The number of rotatable bonds is 6. The highest BCUT2D eigenvalue weighted by molar-refractivity contribution is 6.31. The molecule has 2 heterocycles. The minimum atomic E-state index is -0.479. The number of aryl methyl sites for hydroxylation is 1. The van der Waals surface area contributed by atoms with Crippen molar-refractivity contribution in [1.29, 1.82) is 0 Å². The van der Waals surface area contributed by atoms with Gasteiger partial charge >= 0.3 is 5.97 Å². The van der Waals surface area contributed by atoms with Crippen LogP contribution in [-0.4, -0.2) is 34.2 Å². The molecule has 136 valence electrons. The average molecular weight is 374 g/mol. The number of hydrogen-bond donors (Lipinski definition) is 0. The summed E-state index contributed by atoms with van der Waals surface area (Å²) < 4.78 is 12.3. The van der Waals surface area contributed by atoms with Gasteiger partial charge in [-0.05, 0) is 43.2 Å². The third-order valence-electron chi connectivity index (χ3n) is 4.00. The molecule has 0 amide bonds. The van der Waals surface area contributed by atoms with Crippen molar-refractivity contribution in [3.05, 3.63) is 52.4 Å². The largest absolute Gasteiger partial charge is 0.494 e. The zero-order valence-electron chi connectivity index (χ0n) is 15.0.